The molecule has 162 valence electrons. The third-order valence-corrected chi connectivity index (χ3v) is 6.58. The Balaban J connectivity index is 1.82. The van der Waals surface area contributed by atoms with Crippen LogP contribution in [0.25, 0.3) is 33.0 Å². The normalized spacial score (nSPS) is 14.4. The van der Waals surface area contributed by atoms with Crippen molar-refractivity contribution in [2.75, 3.05) is 5.33 Å². The number of alkyl halides is 1. The molecule has 6 heteroatoms. The molecule has 0 unspecified atom stereocenters. The fourth-order valence-electron chi connectivity index (χ4n) is 4.61. The van der Waals surface area contributed by atoms with Gasteiger partial charge in [-0.05, 0) is 38.3 Å². The molecule has 1 aliphatic heterocycles. The van der Waals surface area contributed by atoms with Crippen molar-refractivity contribution in [3.63, 3.8) is 0 Å². The summed E-state index contributed by atoms with van der Waals surface area (Å²) in [7, 11) is 0. The number of aryl methyl sites for hydroxylation is 1. The summed E-state index contributed by atoms with van der Waals surface area (Å²) >= 11 is 3.53. The number of carbonyl (C=O) groups is 2. The minimum atomic E-state index is -0.394. The first kappa shape index (κ1) is 20.8. The van der Waals surface area contributed by atoms with Gasteiger partial charge in [0.2, 0.25) is 0 Å². The molecule has 5 rings (SSSR count). The van der Waals surface area contributed by atoms with E-state index in [0.29, 0.717) is 22.3 Å². The molecule has 0 bridgehead atoms. The lowest BCUT2D eigenvalue weighted by molar-refractivity contribution is -0.122. The second kappa shape index (κ2) is 8.10. The lowest BCUT2D eigenvalue weighted by atomic mass is 9.94. The smallest absolute Gasteiger partial charge is 0.259 e. The van der Waals surface area contributed by atoms with E-state index in [-0.39, 0.29) is 11.9 Å². The van der Waals surface area contributed by atoms with Gasteiger partial charge < -0.3 is 8.98 Å². The number of amides is 2. The summed E-state index contributed by atoms with van der Waals surface area (Å²) in [6.07, 6.45) is 5.57. The van der Waals surface area contributed by atoms with E-state index in [4.69, 9.17) is 4.42 Å². The van der Waals surface area contributed by atoms with Crippen LogP contribution < -0.4 is 5.32 Å². The van der Waals surface area contributed by atoms with Gasteiger partial charge in [0.05, 0.1) is 22.9 Å². The first-order valence-electron chi connectivity index (χ1n) is 10.8. The highest BCUT2D eigenvalue weighted by Gasteiger charge is 2.35. The number of carbonyl (C=O) groups excluding carboxylic acids is 2. The standard InChI is InChI=1S/C26H23BrN2O3/c1-15(2)29-14-20(18-9-3-6-16(23(18)29)8-5-12-27)22-21(25(30)28-26(22)31)19-10-4-7-17-11-13-32-24(17)19/h3-4,6-7,9-11,13-15H,5,8,12H2,1-2H3,(H,28,30,31). The number of hydrogen-bond donors (Lipinski definition) is 1. The van der Waals surface area contributed by atoms with E-state index in [0.717, 1.165) is 40.0 Å². The van der Waals surface area contributed by atoms with Crippen LogP contribution in [0.5, 0.6) is 0 Å². The summed E-state index contributed by atoms with van der Waals surface area (Å²) in [5, 5.41) is 5.32. The van der Waals surface area contributed by atoms with Crippen LogP contribution in [0.2, 0.25) is 0 Å². The van der Waals surface area contributed by atoms with E-state index < -0.39 is 5.91 Å². The first-order chi connectivity index (χ1) is 15.5. The van der Waals surface area contributed by atoms with Gasteiger partial charge in [-0.1, -0.05) is 52.3 Å². The van der Waals surface area contributed by atoms with Crippen molar-refractivity contribution in [3.05, 3.63) is 71.6 Å². The van der Waals surface area contributed by atoms with Crippen LogP contribution in [-0.2, 0) is 16.0 Å². The van der Waals surface area contributed by atoms with Crippen molar-refractivity contribution in [3.8, 4) is 0 Å². The third-order valence-electron chi connectivity index (χ3n) is 6.02. The molecule has 0 spiro atoms. The number of nitrogens with zero attached hydrogens (tertiary/aromatic N) is 1. The van der Waals surface area contributed by atoms with Crippen molar-refractivity contribution in [2.24, 2.45) is 0 Å². The zero-order valence-electron chi connectivity index (χ0n) is 17.9. The van der Waals surface area contributed by atoms with E-state index in [2.05, 4.69) is 45.7 Å². The van der Waals surface area contributed by atoms with Gasteiger partial charge in [0.1, 0.15) is 5.58 Å². The number of benzene rings is 2. The summed E-state index contributed by atoms with van der Waals surface area (Å²) in [6, 6.07) is 13.9. The van der Waals surface area contributed by atoms with Crippen molar-refractivity contribution in [1.29, 1.82) is 0 Å². The minimum Gasteiger partial charge on any atom is -0.464 e. The van der Waals surface area contributed by atoms with Crippen LogP contribution in [0, 0.1) is 0 Å². The van der Waals surface area contributed by atoms with Crippen LogP contribution in [0.4, 0.5) is 0 Å². The summed E-state index contributed by atoms with van der Waals surface area (Å²) in [5.74, 6) is -0.767. The Kier molecular flexibility index (Phi) is 5.25. The largest absolute Gasteiger partial charge is 0.464 e. The molecule has 5 nitrogen and oxygen atoms in total. The Morgan fingerprint density at radius 3 is 2.50 bits per heavy atom. The highest BCUT2D eigenvalue weighted by Crippen LogP contribution is 2.40. The quantitative estimate of drug-likeness (QED) is 0.271. The fourth-order valence-corrected chi connectivity index (χ4v) is 4.89. The Bertz CT molecular complexity index is 1410. The van der Waals surface area contributed by atoms with Crippen molar-refractivity contribution in [2.45, 2.75) is 32.7 Å². The van der Waals surface area contributed by atoms with E-state index in [1.807, 2.05) is 42.6 Å². The predicted octanol–water partition coefficient (Wildman–Crippen LogP) is 5.86. The molecule has 0 saturated heterocycles. The van der Waals surface area contributed by atoms with Gasteiger partial charge in [-0.25, -0.2) is 0 Å². The lowest BCUT2D eigenvalue weighted by Gasteiger charge is -2.12. The number of halogens is 1. The minimum absolute atomic E-state index is 0.203. The maximum atomic E-state index is 13.1. The van der Waals surface area contributed by atoms with Crippen LogP contribution in [0.3, 0.4) is 0 Å². The molecule has 1 aliphatic rings. The molecule has 4 aromatic rings. The highest BCUT2D eigenvalue weighted by molar-refractivity contribution is 9.09. The van der Waals surface area contributed by atoms with Crippen LogP contribution >= 0.6 is 15.9 Å². The second-order valence-electron chi connectivity index (χ2n) is 8.33. The molecule has 0 fully saturated rings. The second-order valence-corrected chi connectivity index (χ2v) is 9.12. The fraction of sp³-hybridized carbons (Fsp3) is 0.231. The first-order valence-corrected chi connectivity index (χ1v) is 11.9. The average Bonchev–Trinajstić information content (AvgIpc) is 3.47. The Labute approximate surface area is 194 Å². The molecule has 2 aromatic carbocycles. The maximum absolute atomic E-state index is 13.1. The molecule has 3 heterocycles. The van der Waals surface area contributed by atoms with E-state index in [9.17, 15) is 9.59 Å². The summed E-state index contributed by atoms with van der Waals surface area (Å²) in [6.45, 7) is 4.26. The SMILES string of the molecule is CC(C)n1cc(C2=C(c3cccc4ccoc34)C(=O)NC2=O)c2cccc(CCCBr)c21. The number of hydrogen-bond acceptors (Lipinski definition) is 3. The highest BCUT2D eigenvalue weighted by atomic mass is 79.9. The average molecular weight is 491 g/mol. The monoisotopic (exact) mass is 490 g/mol. The zero-order chi connectivity index (χ0) is 22.4. The van der Waals surface area contributed by atoms with Gasteiger partial charge >= 0.3 is 0 Å². The third kappa shape index (κ3) is 3.21. The molecular formula is C26H23BrN2O3. The molecule has 0 saturated carbocycles. The Morgan fingerprint density at radius 2 is 1.75 bits per heavy atom. The van der Waals surface area contributed by atoms with E-state index in [1.54, 1.807) is 6.26 Å². The van der Waals surface area contributed by atoms with Crippen LogP contribution in [0.15, 0.2) is 59.3 Å². The molecule has 32 heavy (non-hydrogen) atoms. The van der Waals surface area contributed by atoms with Gasteiger partial charge in [0.15, 0.2) is 0 Å². The van der Waals surface area contributed by atoms with Crippen LogP contribution in [0.1, 0.15) is 43.0 Å². The maximum Gasteiger partial charge on any atom is 0.259 e. The van der Waals surface area contributed by atoms with E-state index in [1.165, 1.54) is 5.56 Å². The summed E-state index contributed by atoms with van der Waals surface area (Å²) < 4.78 is 7.90. The van der Waals surface area contributed by atoms with Crippen molar-refractivity contribution in [1.82, 2.24) is 9.88 Å². The number of aromatic nitrogens is 1. The van der Waals surface area contributed by atoms with Gasteiger partial charge in [0.25, 0.3) is 11.8 Å². The van der Waals surface area contributed by atoms with Crippen molar-refractivity contribution < 1.29 is 14.0 Å². The number of rotatable bonds is 6. The molecule has 0 atom stereocenters. The molecule has 0 aliphatic carbocycles. The van der Waals surface area contributed by atoms with E-state index >= 15 is 0 Å². The molecule has 2 aromatic heterocycles. The number of furan rings is 1. The van der Waals surface area contributed by atoms with Gasteiger partial charge in [-0.3, -0.25) is 14.9 Å². The number of para-hydroxylation sites is 2. The Morgan fingerprint density at radius 1 is 1.00 bits per heavy atom. The molecular weight excluding hydrogens is 468 g/mol. The zero-order valence-corrected chi connectivity index (χ0v) is 19.5. The Hall–Kier alpha value is -3.12. The van der Waals surface area contributed by atoms with Gasteiger partial charge in [-0.15, -0.1) is 0 Å². The molecule has 2 amide bonds. The van der Waals surface area contributed by atoms with Gasteiger partial charge in [0, 0.05) is 39.5 Å². The summed E-state index contributed by atoms with van der Waals surface area (Å²) in [4.78, 5) is 26.1. The predicted molar refractivity (Wildman–Crippen MR) is 131 cm³/mol. The number of fused-ring (bicyclic) bond motifs is 2. The number of nitrogens with one attached hydrogen (secondary N) is 1. The molecule has 0 radical (unpaired) electrons. The lowest BCUT2D eigenvalue weighted by Crippen LogP contribution is -2.22. The summed E-state index contributed by atoms with van der Waals surface area (Å²) in [5.41, 5.74) is 5.14. The number of imide groups is 1. The molecule has 1 N–H and O–H groups in total. The van der Waals surface area contributed by atoms with Crippen LogP contribution in [-0.4, -0.2) is 21.7 Å². The van der Waals surface area contributed by atoms with Gasteiger partial charge in [-0.2, -0.15) is 0 Å². The topological polar surface area (TPSA) is 64.2 Å². The van der Waals surface area contributed by atoms with Crippen molar-refractivity contribution >= 4 is 60.8 Å².